The minimum absolute atomic E-state index is 0.279. The monoisotopic (exact) mass is 315 g/mol. The average Bonchev–Trinajstić information content (AvgIpc) is 2.61. The first-order valence-corrected chi connectivity index (χ1v) is 8.44. The highest BCUT2D eigenvalue weighted by Crippen LogP contribution is 2.24. The van der Waals surface area contributed by atoms with Gasteiger partial charge in [0.05, 0.1) is 6.61 Å². The molecule has 0 atom stereocenters. The van der Waals surface area contributed by atoms with E-state index in [9.17, 15) is 0 Å². The molecule has 0 aliphatic heterocycles. The second kappa shape index (κ2) is 9.90. The lowest BCUT2D eigenvalue weighted by Gasteiger charge is -2.08. The summed E-state index contributed by atoms with van der Waals surface area (Å²) >= 11 is 0. The van der Waals surface area contributed by atoms with Gasteiger partial charge < -0.3 is 14.6 Å². The van der Waals surface area contributed by atoms with Crippen LogP contribution in [0.25, 0.3) is 11.1 Å². The number of ether oxygens (including phenoxy) is 2. The van der Waals surface area contributed by atoms with E-state index < -0.39 is 0 Å². The van der Waals surface area contributed by atoms with Gasteiger partial charge in [-0.2, -0.15) is 0 Å². The van der Waals surface area contributed by atoms with Gasteiger partial charge >= 0.3 is 0 Å². The summed E-state index contributed by atoms with van der Waals surface area (Å²) in [5.41, 5.74) is 2.31. The van der Waals surface area contributed by atoms with E-state index in [1.54, 1.807) is 0 Å². The van der Waals surface area contributed by atoms with Gasteiger partial charge in [0, 0.05) is 0 Å². The third-order valence-corrected chi connectivity index (χ3v) is 3.68. The Morgan fingerprint density at radius 2 is 1.22 bits per heavy atom. The second-order valence-corrected chi connectivity index (χ2v) is 5.56. The Bertz CT molecular complexity index is 546. The lowest BCUT2D eigenvalue weighted by Crippen LogP contribution is -2.01. The molecule has 3 nitrogen and oxygen atoms in total. The van der Waals surface area contributed by atoms with Crippen molar-refractivity contribution in [2.75, 3.05) is 19.8 Å². The summed E-state index contributed by atoms with van der Waals surface area (Å²) in [7, 11) is 0. The molecule has 0 heterocycles. The Morgan fingerprint density at radius 1 is 0.696 bits per heavy atom. The second-order valence-electron chi connectivity index (χ2n) is 5.56. The van der Waals surface area contributed by atoms with E-state index in [4.69, 9.17) is 14.6 Å². The fraction of sp³-hybridized carbons (Fsp3) is 0.400. The van der Waals surface area contributed by atoms with E-state index in [-0.39, 0.29) is 6.61 Å². The molecular formula is C20H27O3+. The highest BCUT2D eigenvalue weighted by atomic mass is 16.5. The summed E-state index contributed by atoms with van der Waals surface area (Å²) < 4.78 is 11.2. The zero-order chi connectivity index (χ0) is 16.3. The van der Waals surface area contributed by atoms with Crippen LogP contribution < -0.4 is 9.47 Å². The quantitative estimate of drug-likeness (QED) is 0.481. The zero-order valence-corrected chi connectivity index (χ0v) is 13.9. The molecular weight excluding hydrogens is 288 g/mol. The Hall–Kier alpha value is -2.00. The van der Waals surface area contributed by atoms with Gasteiger partial charge in [-0.1, -0.05) is 50.5 Å². The van der Waals surface area contributed by atoms with Crippen LogP contribution in [-0.4, -0.2) is 24.9 Å². The smallest absolute Gasteiger partial charge is 0.178 e. The molecule has 0 bridgehead atoms. The fourth-order valence-electron chi connectivity index (χ4n) is 2.37. The van der Waals surface area contributed by atoms with E-state index in [1.807, 2.05) is 36.4 Å². The van der Waals surface area contributed by atoms with Crippen molar-refractivity contribution in [3.05, 3.63) is 48.5 Å². The topological polar surface area (TPSA) is 41.4 Å². The molecule has 0 aliphatic carbocycles. The number of hydrogen-bond acceptors (Lipinski definition) is 2. The van der Waals surface area contributed by atoms with Gasteiger partial charge in [-0.15, -0.1) is 0 Å². The van der Waals surface area contributed by atoms with Crippen LogP contribution in [0, 0.1) is 0 Å². The van der Waals surface area contributed by atoms with Gasteiger partial charge in [0.15, 0.2) is 13.2 Å². The fourth-order valence-corrected chi connectivity index (χ4v) is 2.37. The van der Waals surface area contributed by atoms with Crippen molar-refractivity contribution in [1.29, 1.82) is 0 Å². The lowest BCUT2D eigenvalue weighted by molar-refractivity contribution is 0.201. The summed E-state index contributed by atoms with van der Waals surface area (Å²) in [6, 6.07) is 16.2. The maximum Gasteiger partial charge on any atom is 0.178 e. The molecule has 0 fully saturated rings. The Morgan fingerprint density at radius 3 is 1.70 bits per heavy atom. The molecule has 0 saturated carbocycles. The molecule has 23 heavy (non-hydrogen) atoms. The van der Waals surface area contributed by atoms with Crippen molar-refractivity contribution in [3.63, 3.8) is 0 Å². The van der Waals surface area contributed by atoms with Gasteiger partial charge in [0.2, 0.25) is 0 Å². The molecule has 0 spiro atoms. The molecule has 0 unspecified atom stereocenters. The third kappa shape index (κ3) is 5.95. The van der Waals surface area contributed by atoms with Crippen molar-refractivity contribution in [2.45, 2.75) is 32.6 Å². The summed E-state index contributed by atoms with van der Waals surface area (Å²) in [4.78, 5) is 0. The van der Waals surface area contributed by atoms with Crippen LogP contribution in [0.1, 0.15) is 32.6 Å². The standard InChI is InChI=1S/C20H26O3/c1-2-3-4-5-15-22-19-10-6-17(7-11-19)18-8-12-20(13-9-18)23-16-14-21/h6-13,21H,2-5,14-16H2,1H3/p+1. The maximum absolute atomic E-state index is 7.09. The molecule has 2 N–H and O–H groups in total. The third-order valence-electron chi connectivity index (χ3n) is 3.68. The first-order chi connectivity index (χ1) is 11.3. The van der Waals surface area contributed by atoms with Crippen LogP contribution in [0.5, 0.6) is 11.5 Å². The van der Waals surface area contributed by atoms with Crippen molar-refractivity contribution >= 4 is 0 Å². The van der Waals surface area contributed by atoms with E-state index in [1.165, 1.54) is 19.3 Å². The molecule has 2 aromatic carbocycles. The van der Waals surface area contributed by atoms with Crippen LogP contribution in [0.15, 0.2) is 48.5 Å². The largest absolute Gasteiger partial charge is 0.494 e. The Balaban J connectivity index is 1.86. The number of rotatable bonds is 10. The molecule has 3 heteroatoms. The minimum Gasteiger partial charge on any atom is -0.494 e. The number of hydrogen-bond donors (Lipinski definition) is 0. The van der Waals surface area contributed by atoms with E-state index in [2.05, 4.69) is 19.1 Å². The number of benzene rings is 2. The zero-order valence-electron chi connectivity index (χ0n) is 13.9. The van der Waals surface area contributed by atoms with E-state index >= 15 is 0 Å². The summed E-state index contributed by atoms with van der Waals surface area (Å²) in [5, 5.41) is 7.09. The molecule has 0 aromatic heterocycles. The minimum atomic E-state index is 0.279. The van der Waals surface area contributed by atoms with E-state index in [0.29, 0.717) is 6.61 Å². The summed E-state index contributed by atoms with van der Waals surface area (Å²) in [5.74, 6) is 1.74. The van der Waals surface area contributed by atoms with E-state index in [0.717, 1.165) is 35.7 Å². The van der Waals surface area contributed by atoms with Crippen LogP contribution in [-0.2, 0) is 0 Å². The molecule has 0 amide bonds. The van der Waals surface area contributed by atoms with Gasteiger partial charge in [-0.05, 0) is 41.8 Å². The average molecular weight is 315 g/mol. The maximum atomic E-state index is 7.09. The van der Waals surface area contributed by atoms with Crippen LogP contribution in [0.4, 0.5) is 0 Å². The molecule has 0 saturated heterocycles. The Kier molecular flexibility index (Phi) is 7.47. The summed E-state index contributed by atoms with van der Waals surface area (Å²) in [6.45, 7) is 3.72. The predicted octanol–water partition coefficient (Wildman–Crippen LogP) is 4.42. The van der Waals surface area contributed by atoms with Crippen molar-refractivity contribution < 1.29 is 14.6 Å². The van der Waals surface area contributed by atoms with Gasteiger partial charge in [0.25, 0.3) is 0 Å². The van der Waals surface area contributed by atoms with Crippen LogP contribution in [0.3, 0.4) is 0 Å². The highest BCUT2D eigenvalue weighted by Gasteiger charge is 2.00. The molecule has 124 valence electrons. The number of unbranched alkanes of at least 4 members (excludes halogenated alkanes) is 3. The van der Waals surface area contributed by atoms with Gasteiger partial charge in [-0.3, -0.25) is 0 Å². The van der Waals surface area contributed by atoms with Crippen LogP contribution in [0.2, 0.25) is 0 Å². The van der Waals surface area contributed by atoms with Crippen molar-refractivity contribution in [1.82, 2.24) is 0 Å². The Labute approximate surface area is 138 Å². The first-order valence-electron chi connectivity index (χ1n) is 8.44. The summed E-state index contributed by atoms with van der Waals surface area (Å²) in [6.07, 6.45) is 4.89. The van der Waals surface area contributed by atoms with Gasteiger partial charge in [0.1, 0.15) is 11.5 Å². The van der Waals surface area contributed by atoms with Crippen LogP contribution >= 0.6 is 0 Å². The van der Waals surface area contributed by atoms with Gasteiger partial charge in [-0.25, -0.2) is 0 Å². The molecule has 0 aliphatic rings. The first kappa shape index (κ1) is 17.4. The highest BCUT2D eigenvalue weighted by molar-refractivity contribution is 5.64. The lowest BCUT2D eigenvalue weighted by atomic mass is 10.1. The molecule has 2 rings (SSSR count). The SMILES string of the molecule is CCCCCCOc1ccc(-c2ccc(OCC[OH2+])cc2)cc1. The predicted molar refractivity (Wildman–Crippen MR) is 95.5 cm³/mol. The van der Waals surface area contributed by atoms with Crippen molar-refractivity contribution in [2.24, 2.45) is 0 Å². The van der Waals surface area contributed by atoms with Crippen molar-refractivity contribution in [3.8, 4) is 22.6 Å². The molecule has 0 radical (unpaired) electrons. The normalized spacial score (nSPS) is 10.5. The molecule has 2 aromatic rings.